The number of hydrogen-bond donors (Lipinski definition) is 1. The zero-order chi connectivity index (χ0) is 19.9. The molecule has 3 aromatic rings. The maximum atomic E-state index is 12.7. The molecule has 0 amide bonds. The number of pyridine rings is 2. The van der Waals surface area contributed by atoms with Crippen molar-refractivity contribution in [1.29, 1.82) is 0 Å². The topological polar surface area (TPSA) is 70.1 Å². The van der Waals surface area contributed by atoms with Crippen molar-refractivity contribution in [3.63, 3.8) is 0 Å². The SMILES string of the molecule is Cc1nccc2c1c(=O)n(C)c1cc(OCC(N)CC(F)(F)F)c(Br)cc21. The van der Waals surface area contributed by atoms with Crippen molar-refractivity contribution in [2.75, 3.05) is 6.61 Å². The van der Waals surface area contributed by atoms with Crippen LogP contribution in [0.15, 0.2) is 33.7 Å². The third-order valence-corrected chi connectivity index (χ3v) is 4.93. The predicted molar refractivity (Wildman–Crippen MR) is 101 cm³/mol. The Kier molecular flexibility index (Phi) is 5.18. The standard InChI is InChI=1S/C18H17BrF3N3O2/c1-9-16-11(3-4-24-9)12-5-13(19)15(6-14(12)25(2)17(16)26)27-8-10(23)7-18(20,21)22/h3-6,10H,7-8,23H2,1-2H3. The van der Waals surface area contributed by atoms with Crippen molar-refractivity contribution in [2.24, 2.45) is 12.8 Å². The number of fused-ring (bicyclic) bond motifs is 3. The minimum Gasteiger partial charge on any atom is -0.491 e. The largest absolute Gasteiger partial charge is 0.491 e. The zero-order valence-corrected chi connectivity index (χ0v) is 16.2. The van der Waals surface area contributed by atoms with E-state index in [0.717, 1.165) is 10.8 Å². The van der Waals surface area contributed by atoms with Crippen LogP contribution in [0.2, 0.25) is 0 Å². The third kappa shape index (κ3) is 3.93. The molecule has 144 valence electrons. The molecule has 2 aromatic heterocycles. The van der Waals surface area contributed by atoms with Gasteiger partial charge in [0, 0.05) is 30.7 Å². The van der Waals surface area contributed by atoms with Gasteiger partial charge in [-0.3, -0.25) is 9.78 Å². The lowest BCUT2D eigenvalue weighted by atomic mass is 10.1. The van der Waals surface area contributed by atoms with E-state index in [-0.39, 0.29) is 12.2 Å². The summed E-state index contributed by atoms with van der Waals surface area (Å²) in [4.78, 5) is 16.9. The Bertz CT molecular complexity index is 1080. The van der Waals surface area contributed by atoms with Crippen molar-refractivity contribution in [2.45, 2.75) is 25.6 Å². The summed E-state index contributed by atoms with van der Waals surface area (Å²) < 4.78 is 44.7. The van der Waals surface area contributed by atoms with Gasteiger partial charge in [-0.05, 0) is 40.4 Å². The molecule has 1 atom stereocenters. The fraction of sp³-hybridized carbons (Fsp3) is 0.333. The molecule has 0 bridgehead atoms. The molecule has 0 aliphatic carbocycles. The Morgan fingerprint density at radius 2 is 2.04 bits per heavy atom. The first kappa shape index (κ1) is 19.6. The highest BCUT2D eigenvalue weighted by Gasteiger charge is 2.30. The summed E-state index contributed by atoms with van der Waals surface area (Å²) in [5.74, 6) is 0.320. The van der Waals surface area contributed by atoms with Crippen molar-refractivity contribution in [3.8, 4) is 5.75 Å². The van der Waals surface area contributed by atoms with Gasteiger partial charge < -0.3 is 15.0 Å². The van der Waals surface area contributed by atoms with E-state index in [1.54, 1.807) is 38.4 Å². The van der Waals surface area contributed by atoms with E-state index in [4.69, 9.17) is 10.5 Å². The van der Waals surface area contributed by atoms with Crippen LogP contribution in [0, 0.1) is 6.92 Å². The average Bonchev–Trinajstić information content (AvgIpc) is 2.56. The van der Waals surface area contributed by atoms with E-state index in [0.29, 0.717) is 26.8 Å². The highest BCUT2D eigenvalue weighted by atomic mass is 79.9. The fourth-order valence-electron chi connectivity index (χ4n) is 3.04. The van der Waals surface area contributed by atoms with E-state index in [1.165, 1.54) is 4.57 Å². The van der Waals surface area contributed by atoms with Crippen LogP contribution in [-0.2, 0) is 7.05 Å². The van der Waals surface area contributed by atoms with E-state index in [2.05, 4.69) is 20.9 Å². The number of nitrogens with two attached hydrogens (primary N) is 1. The van der Waals surface area contributed by atoms with Gasteiger partial charge in [0.25, 0.3) is 5.56 Å². The predicted octanol–water partition coefficient (Wildman–Crippen LogP) is 3.82. The summed E-state index contributed by atoms with van der Waals surface area (Å²) in [5, 5.41) is 2.08. The second-order valence-electron chi connectivity index (χ2n) is 6.37. The molecular formula is C18H17BrF3N3O2. The van der Waals surface area contributed by atoms with Crippen molar-refractivity contribution in [3.05, 3.63) is 44.9 Å². The molecule has 3 rings (SSSR count). The number of alkyl halides is 3. The van der Waals surface area contributed by atoms with Gasteiger partial charge in [-0.25, -0.2) is 0 Å². The number of rotatable bonds is 4. The summed E-state index contributed by atoms with van der Waals surface area (Å²) >= 11 is 3.39. The Balaban J connectivity index is 2.06. The first-order valence-corrected chi connectivity index (χ1v) is 8.90. The normalized spacial score (nSPS) is 13.3. The number of aryl methyl sites for hydroxylation is 2. The quantitative estimate of drug-likeness (QED) is 0.622. The Hall–Kier alpha value is -2.13. The third-order valence-electron chi connectivity index (χ3n) is 4.31. The van der Waals surface area contributed by atoms with Gasteiger partial charge in [0.05, 0.1) is 27.5 Å². The number of hydrogen-bond acceptors (Lipinski definition) is 4. The monoisotopic (exact) mass is 443 g/mol. The Morgan fingerprint density at radius 3 is 2.70 bits per heavy atom. The first-order chi connectivity index (χ1) is 12.6. The van der Waals surface area contributed by atoms with Gasteiger partial charge in [0.2, 0.25) is 0 Å². The molecular weight excluding hydrogens is 427 g/mol. The number of aromatic nitrogens is 2. The average molecular weight is 444 g/mol. The molecule has 5 nitrogen and oxygen atoms in total. The van der Waals surface area contributed by atoms with Crippen LogP contribution in [0.25, 0.3) is 21.7 Å². The molecule has 0 aliphatic heterocycles. The van der Waals surface area contributed by atoms with Crippen molar-refractivity contribution in [1.82, 2.24) is 9.55 Å². The smallest absolute Gasteiger partial charge is 0.390 e. The van der Waals surface area contributed by atoms with Crippen LogP contribution < -0.4 is 16.0 Å². The summed E-state index contributed by atoms with van der Waals surface area (Å²) in [6.07, 6.45) is -3.85. The summed E-state index contributed by atoms with van der Waals surface area (Å²) in [6.45, 7) is 1.47. The lowest BCUT2D eigenvalue weighted by Crippen LogP contribution is -2.33. The fourth-order valence-corrected chi connectivity index (χ4v) is 3.50. The molecule has 1 aromatic carbocycles. The van der Waals surface area contributed by atoms with E-state index < -0.39 is 18.6 Å². The van der Waals surface area contributed by atoms with Gasteiger partial charge >= 0.3 is 6.18 Å². The highest BCUT2D eigenvalue weighted by Crippen LogP contribution is 2.33. The maximum Gasteiger partial charge on any atom is 0.390 e. The molecule has 9 heteroatoms. The van der Waals surface area contributed by atoms with E-state index >= 15 is 0 Å². The van der Waals surface area contributed by atoms with Gasteiger partial charge in [-0.2, -0.15) is 13.2 Å². The van der Waals surface area contributed by atoms with E-state index in [9.17, 15) is 18.0 Å². The molecule has 1 unspecified atom stereocenters. The van der Waals surface area contributed by atoms with Crippen LogP contribution in [-0.4, -0.2) is 28.4 Å². The maximum absolute atomic E-state index is 12.7. The van der Waals surface area contributed by atoms with E-state index in [1.807, 2.05) is 0 Å². The minimum atomic E-state index is -4.35. The van der Waals surface area contributed by atoms with Crippen LogP contribution in [0.3, 0.4) is 0 Å². The molecule has 0 spiro atoms. The number of benzene rings is 1. The molecule has 0 aliphatic rings. The molecule has 2 N–H and O–H groups in total. The molecule has 0 radical (unpaired) electrons. The lowest BCUT2D eigenvalue weighted by molar-refractivity contribution is -0.139. The Labute approximate surface area is 161 Å². The Morgan fingerprint density at radius 1 is 1.33 bits per heavy atom. The van der Waals surface area contributed by atoms with Gasteiger partial charge in [0.15, 0.2) is 0 Å². The zero-order valence-electron chi connectivity index (χ0n) is 14.6. The number of nitrogens with zero attached hydrogens (tertiary/aromatic N) is 2. The van der Waals surface area contributed by atoms with Crippen molar-refractivity contribution < 1.29 is 17.9 Å². The van der Waals surface area contributed by atoms with Crippen LogP contribution in [0.5, 0.6) is 5.75 Å². The summed E-state index contributed by atoms with van der Waals surface area (Å²) in [6, 6.07) is 3.98. The number of ether oxygens (including phenoxy) is 1. The summed E-state index contributed by atoms with van der Waals surface area (Å²) in [7, 11) is 1.63. The second kappa shape index (κ2) is 7.12. The minimum absolute atomic E-state index is 0.204. The van der Waals surface area contributed by atoms with Crippen LogP contribution >= 0.6 is 15.9 Å². The molecule has 0 fully saturated rings. The highest BCUT2D eigenvalue weighted by molar-refractivity contribution is 9.10. The van der Waals surface area contributed by atoms with Crippen LogP contribution in [0.1, 0.15) is 12.1 Å². The lowest BCUT2D eigenvalue weighted by Gasteiger charge is -2.17. The molecule has 0 saturated heterocycles. The first-order valence-electron chi connectivity index (χ1n) is 8.11. The number of halogens is 4. The molecule has 2 heterocycles. The van der Waals surface area contributed by atoms with Gasteiger partial charge in [-0.1, -0.05) is 0 Å². The summed E-state index contributed by atoms with van der Waals surface area (Å²) in [5.41, 5.74) is 6.52. The van der Waals surface area contributed by atoms with Gasteiger partial charge in [-0.15, -0.1) is 0 Å². The van der Waals surface area contributed by atoms with Crippen LogP contribution in [0.4, 0.5) is 13.2 Å². The molecule has 27 heavy (non-hydrogen) atoms. The van der Waals surface area contributed by atoms with Crippen molar-refractivity contribution >= 4 is 37.6 Å². The van der Waals surface area contributed by atoms with Gasteiger partial charge in [0.1, 0.15) is 12.4 Å². The molecule has 0 saturated carbocycles. The second-order valence-corrected chi connectivity index (χ2v) is 7.23.